The minimum absolute atomic E-state index is 0.302. The van der Waals surface area contributed by atoms with Crippen molar-refractivity contribution in [2.75, 3.05) is 5.32 Å². The Morgan fingerprint density at radius 1 is 1.19 bits per heavy atom. The van der Waals surface area contributed by atoms with Crippen LogP contribution in [0.4, 0.5) is 14.5 Å². The molecule has 0 aliphatic heterocycles. The van der Waals surface area contributed by atoms with Gasteiger partial charge in [-0.25, -0.2) is 22.3 Å². The molecule has 0 radical (unpaired) electrons. The standard InChI is InChI=1S/C12H9F2N3O3S/c13-9-5-7(21(15,19)20)1-2-11(9)17-12(18)8-3-4-16-6-10(8)14/h1-6H,(H,17,18)(H2,15,19,20). The molecule has 110 valence electrons. The van der Waals surface area contributed by atoms with Crippen molar-refractivity contribution < 1.29 is 22.0 Å². The molecule has 0 bridgehead atoms. The first-order chi connectivity index (χ1) is 9.79. The molecule has 1 aromatic carbocycles. The van der Waals surface area contributed by atoms with Crippen LogP contribution in [0.1, 0.15) is 10.4 Å². The van der Waals surface area contributed by atoms with Crippen LogP contribution in [0.2, 0.25) is 0 Å². The van der Waals surface area contributed by atoms with Crippen LogP contribution in [0.15, 0.2) is 41.6 Å². The fraction of sp³-hybridized carbons (Fsp3) is 0. The molecule has 0 spiro atoms. The monoisotopic (exact) mass is 313 g/mol. The fourth-order valence-electron chi connectivity index (χ4n) is 1.52. The van der Waals surface area contributed by atoms with E-state index in [-0.39, 0.29) is 11.3 Å². The number of hydrogen-bond donors (Lipinski definition) is 2. The van der Waals surface area contributed by atoms with Gasteiger partial charge in [-0.3, -0.25) is 9.78 Å². The number of amides is 1. The molecule has 0 saturated heterocycles. The predicted molar refractivity (Wildman–Crippen MR) is 69.9 cm³/mol. The quantitative estimate of drug-likeness (QED) is 0.890. The van der Waals surface area contributed by atoms with Crippen LogP contribution in [0.25, 0.3) is 0 Å². The van der Waals surface area contributed by atoms with Gasteiger partial charge in [0.1, 0.15) is 5.82 Å². The lowest BCUT2D eigenvalue weighted by molar-refractivity contribution is 0.102. The maximum absolute atomic E-state index is 13.7. The average molecular weight is 313 g/mol. The maximum Gasteiger partial charge on any atom is 0.258 e. The highest BCUT2D eigenvalue weighted by molar-refractivity contribution is 7.89. The van der Waals surface area contributed by atoms with E-state index in [1.807, 2.05) is 0 Å². The van der Waals surface area contributed by atoms with Gasteiger partial charge in [-0.15, -0.1) is 0 Å². The SMILES string of the molecule is NS(=O)(=O)c1ccc(NC(=O)c2ccncc2F)c(F)c1. The molecule has 0 unspecified atom stereocenters. The van der Waals surface area contributed by atoms with Crippen LogP contribution in [0.3, 0.4) is 0 Å². The number of hydrogen-bond acceptors (Lipinski definition) is 4. The highest BCUT2D eigenvalue weighted by atomic mass is 32.2. The van der Waals surface area contributed by atoms with E-state index in [0.29, 0.717) is 6.07 Å². The maximum atomic E-state index is 13.7. The summed E-state index contributed by atoms with van der Waals surface area (Å²) >= 11 is 0. The third kappa shape index (κ3) is 3.38. The molecule has 21 heavy (non-hydrogen) atoms. The lowest BCUT2D eigenvalue weighted by Crippen LogP contribution is -2.16. The largest absolute Gasteiger partial charge is 0.319 e. The lowest BCUT2D eigenvalue weighted by Gasteiger charge is -2.08. The number of nitrogens with one attached hydrogen (secondary N) is 1. The van der Waals surface area contributed by atoms with Crippen molar-refractivity contribution in [3.05, 3.63) is 53.9 Å². The van der Waals surface area contributed by atoms with Crippen molar-refractivity contribution >= 4 is 21.6 Å². The summed E-state index contributed by atoms with van der Waals surface area (Å²) in [6, 6.07) is 3.83. The molecule has 2 aromatic rings. The minimum Gasteiger partial charge on any atom is -0.319 e. The first-order valence-electron chi connectivity index (χ1n) is 5.52. The van der Waals surface area contributed by atoms with Crippen molar-refractivity contribution in [2.45, 2.75) is 4.90 Å². The summed E-state index contributed by atoms with van der Waals surface area (Å²) in [4.78, 5) is 14.8. The van der Waals surface area contributed by atoms with Gasteiger partial charge in [-0.1, -0.05) is 0 Å². The summed E-state index contributed by atoms with van der Waals surface area (Å²) in [5.74, 6) is -2.77. The Morgan fingerprint density at radius 3 is 2.48 bits per heavy atom. The molecule has 1 amide bonds. The second-order valence-electron chi connectivity index (χ2n) is 4.00. The van der Waals surface area contributed by atoms with Crippen LogP contribution < -0.4 is 10.5 Å². The van der Waals surface area contributed by atoms with E-state index in [1.165, 1.54) is 6.20 Å². The summed E-state index contributed by atoms with van der Waals surface area (Å²) in [6.07, 6.45) is 2.05. The molecule has 0 atom stereocenters. The summed E-state index contributed by atoms with van der Waals surface area (Å²) < 4.78 is 49.2. The Labute approximate surface area is 118 Å². The van der Waals surface area contributed by atoms with Crippen LogP contribution in [0.5, 0.6) is 0 Å². The van der Waals surface area contributed by atoms with Crippen LogP contribution in [0, 0.1) is 11.6 Å². The van der Waals surface area contributed by atoms with Gasteiger partial charge in [0.05, 0.1) is 22.3 Å². The number of carbonyl (C=O) groups is 1. The van der Waals surface area contributed by atoms with E-state index < -0.39 is 32.5 Å². The normalized spacial score (nSPS) is 11.2. The van der Waals surface area contributed by atoms with Gasteiger partial charge in [0.2, 0.25) is 10.0 Å². The number of primary sulfonamides is 1. The molecule has 0 aliphatic carbocycles. The van der Waals surface area contributed by atoms with Gasteiger partial charge in [0.15, 0.2) is 5.82 Å². The number of carbonyl (C=O) groups excluding carboxylic acids is 1. The number of anilines is 1. The molecule has 3 N–H and O–H groups in total. The number of benzene rings is 1. The smallest absolute Gasteiger partial charge is 0.258 e. The molecule has 0 aliphatic rings. The molecule has 9 heteroatoms. The van der Waals surface area contributed by atoms with E-state index in [2.05, 4.69) is 10.3 Å². The molecule has 6 nitrogen and oxygen atoms in total. The van der Waals surface area contributed by atoms with Gasteiger partial charge in [0, 0.05) is 6.20 Å². The van der Waals surface area contributed by atoms with Crippen LogP contribution in [-0.4, -0.2) is 19.3 Å². The van der Waals surface area contributed by atoms with Crippen molar-refractivity contribution in [2.24, 2.45) is 5.14 Å². The van der Waals surface area contributed by atoms with Crippen LogP contribution in [-0.2, 0) is 10.0 Å². The van der Waals surface area contributed by atoms with Gasteiger partial charge >= 0.3 is 0 Å². The van der Waals surface area contributed by atoms with Crippen molar-refractivity contribution in [3.63, 3.8) is 0 Å². The number of nitrogens with zero attached hydrogens (tertiary/aromatic N) is 1. The van der Waals surface area contributed by atoms with E-state index in [0.717, 1.165) is 24.4 Å². The van der Waals surface area contributed by atoms with E-state index in [1.54, 1.807) is 0 Å². The second kappa shape index (κ2) is 5.54. The number of pyridine rings is 1. The Bertz CT molecular complexity index is 809. The van der Waals surface area contributed by atoms with Crippen molar-refractivity contribution in [3.8, 4) is 0 Å². The molecular formula is C12H9F2N3O3S. The zero-order valence-electron chi connectivity index (χ0n) is 10.4. The third-order valence-corrected chi connectivity index (χ3v) is 3.45. The fourth-order valence-corrected chi connectivity index (χ4v) is 2.05. The minimum atomic E-state index is -4.05. The summed E-state index contributed by atoms with van der Waals surface area (Å²) in [5.41, 5.74) is -0.622. The van der Waals surface area contributed by atoms with E-state index in [4.69, 9.17) is 5.14 Å². The lowest BCUT2D eigenvalue weighted by atomic mass is 10.2. The molecule has 2 rings (SSSR count). The van der Waals surface area contributed by atoms with E-state index >= 15 is 0 Å². The topological polar surface area (TPSA) is 102 Å². The first-order valence-corrected chi connectivity index (χ1v) is 7.07. The average Bonchev–Trinajstić information content (AvgIpc) is 2.40. The Morgan fingerprint density at radius 2 is 1.90 bits per heavy atom. The van der Waals surface area contributed by atoms with Crippen LogP contribution >= 0.6 is 0 Å². The van der Waals surface area contributed by atoms with Gasteiger partial charge in [-0.2, -0.15) is 0 Å². The van der Waals surface area contributed by atoms with Crippen molar-refractivity contribution in [1.29, 1.82) is 0 Å². The molecular weight excluding hydrogens is 304 g/mol. The Hall–Kier alpha value is -2.39. The number of aromatic nitrogens is 1. The molecule has 0 fully saturated rings. The zero-order chi connectivity index (χ0) is 15.6. The third-order valence-electron chi connectivity index (χ3n) is 2.53. The summed E-state index contributed by atoms with van der Waals surface area (Å²) in [6.45, 7) is 0. The van der Waals surface area contributed by atoms with Gasteiger partial charge < -0.3 is 5.32 Å². The highest BCUT2D eigenvalue weighted by Gasteiger charge is 2.16. The summed E-state index contributed by atoms with van der Waals surface area (Å²) in [7, 11) is -4.05. The molecule has 1 aromatic heterocycles. The highest BCUT2D eigenvalue weighted by Crippen LogP contribution is 2.19. The predicted octanol–water partition coefficient (Wildman–Crippen LogP) is 1.26. The molecule has 1 heterocycles. The Kier molecular flexibility index (Phi) is 3.96. The first kappa shape index (κ1) is 15.0. The summed E-state index contributed by atoms with van der Waals surface area (Å²) in [5, 5.41) is 6.98. The number of sulfonamides is 1. The second-order valence-corrected chi connectivity index (χ2v) is 5.56. The van der Waals surface area contributed by atoms with Gasteiger partial charge in [0.25, 0.3) is 5.91 Å². The number of rotatable bonds is 3. The van der Waals surface area contributed by atoms with Crippen molar-refractivity contribution in [1.82, 2.24) is 4.98 Å². The van der Waals surface area contributed by atoms with Gasteiger partial charge in [-0.05, 0) is 24.3 Å². The number of halogens is 2. The zero-order valence-corrected chi connectivity index (χ0v) is 11.2. The Balaban J connectivity index is 2.29. The molecule has 0 saturated carbocycles. The van der Waals surface area contributed by atoms with E-state index in [9.17, 15) is 22.0 Å². The number of nitrogens with two attached hydrogens (primary N) is 1.